The van der Waals surface area contributed by atoms with Crippen molar-refractivity contribution in [1.82, 2.24) is 5.32 Å². The molecule has 2 N–H and O–H groups in total. The Morgan fingerprint density at radius 1 is 1.04 bits per heavy atom. The van der Waals surface area contributed by atoms with Gasteiger partial charge in [0.25, 0.3) is 5.91 Å². The molecule has 1 aliphatic heterocycles. The summed E-state index contributed by atoms with van der Waals surface area (Å²) in [5.74, 6) is -0.280. The quantitative estimate of drug-likeness (QED) is 0.866. The maximum absolute atomic E-state index is 12.4. The Kier molecular flexibility index (Phi) is 5.86. The van der Waals surface area contributed by atoms with Crippen molar-refractivity contribution in [3.8, 4) is 0 Å². The number of carbonyl (C=O) groups is 2. The second kappa shape index (κ2) is 8.49. The number of hydrogen-bond donors (Lipinski definition) is 2. The minimum atomic E-state index is -0.142. The largest absolute Gasteiger partial charge is 0.378 e. The lowest BCUT2D eigenvalue weighted by Gasteiger charge is -2.30. The Hall–Kier alpha value is -2.86. The third-order valence-electron chi connectivity index (χ3n) is 4.25. The number of nitrogens with one attached hydrogen (secondary N) is 2. The fourth-order valence-corrected chi connectivity index (χ4v) is 2.96. The third-order valence-corrected chi connectivity index (χ3v) is 4.25. The van der Waals surface area contributed by atoms with Gasteiger partial charge >= 0.3 is 0 Å². The molecule has 0 unspecified atom stereocenters. The lowest BCUT2D eigenvalue weighted by molar-refractivity contribution is -0.114. The average molecular weight is 353 g/mol. The van der Waals surface area contributed by atoms with Crippen molar-refractivity contribution in [2.45, 2.75) is 13.5 Å². The maximum Gasteiger partial charge on any atom is 0.251 e. The third kappa shape index (κ3) is 4.61. The maximum atomic E-state index is 12.4. The van der Waals surface area contributed by atoms with E-state index in [0.29, 0.717) is 17.8 Å². The topological polar surface area (TPSA) is 70.7 Å². The van der Waals surface area contributed by atoms with Crippen LogP contribution in [0.3, 0.4) is 0 Å². The van der Waals surface area contributed by atoms with Crippen molar-refractivity contribution < 1.29 is 14.3 Å². The van der Waals surface area contributed by atoms with Gasteiger partial charge in [0.15, 0.2) is 0 Å². The standard InChI is InChI=1S/C20H23N3O3/c1-15(24)22-18-8-6-16(7-9-18)20(25)21-14-17-4-2-3-5-19(17)23-10-12-26-13-11-23/h2-9H,10-14H2,1H3,(H,21,25)(H,22,24). The molecule has 26 heavy (non-hydrogen) atoms. The molecule has 0 bridgehead atoms. The molecule has 6 nitrogen and oxygen atoms in total. The smallest absolute Gasteiger partial charge is 0.251 e. The van der Waals surface area contributed by atoms with Crippen LogP contribution in [0.15, 0.2) is 48.5 Å². The van der Waals surface area contributed by atoms with Crippen molar-refractivity contribution in [3.63, 3.8) is 0 Å². The van der Waals surface area contributed by atoms with Crippen molar-refractivity contribution in [2.24, 2.45) is 0 Å². The van der Waals surface area contributed by atoms with E-state index in [1.807, 2.05) is 18.2 Å². The summed E-state index contributed by atoms with van der Waals surface area (Å²) in [5.41, 5.74) is 3.45. The molecule has 2 aromatic carbocycles. The first-order chi connectivity index (χ1) is 12.6. The molecule has 0 radical (unpaired) electrons. The highest BCUT2D eigenvalue weighted by molar-refractivity contribution is 5.95. The first-order valence-electron chi connectivity index (χ1n) is 8.70. The zero-order chi connectivity index (χ0) is 18.4. The van der Waals surface area contributed by atoms with Gasteiger partial charge in [-0.25, -0.2) is 0 Å². The number of rotatable bonds is 5. The van der Waals surface area contributed by atoms with E-state index in [9.17, 15) is 9.59 Å². The molecule has 1 saturated heterocycles. The number of carbonyl (C=O) groups excluding carboxylic acids is 2. The molecule has 0 spiro atoms. The summed E-state index contributed by atoms with van der Waals surface area (Å²) in [5, 5.41) is 5.66. The number of nitrogens with zero attached hydrogens (tertiary/aromatic N) is 1. The first kappa shape index (κ1) is 17.9. The lowest BCUT2D eigenvalue weighted by atomic mass is 10.1. The van der Waals surface area contributed by atoms with Gasteiger partial charge in [-0.15, -0.1) is 0 Å². The highest BCUT2D eigenvalue weighted by atomic mass is 16.5. The predicted molar refractivity (Wildman–Crippen MR) is 101 cm³/mol. The summed E-state index contributed by atoms with van der Waals surface area (Å²) in [6.45, 7) is 5.07. The number of anilines is 2. The molecule has 3 rings (SSSR count). The number of benzene rings is 2. The number of morpholine rings is 1. The second-order valence-electron chi connectivity index (χ2n) is 6.17. The van der Waals surface area contributed by atoms with Crippen LogP contribution >= 0.6 is 0 Å². The SMILES string of the molecule is CC(=O)Nc1ccc(C(=O)NCc2ccccc2N2CCOCC2)cc1. The van der Waals surface area contributed by atoms with E-state index < -0.39 is 0 Å². The summed E-state index contributed by atoms with van der Waals surface area (Å²) < 4.78 is 5.41. The van der Waals surface area contributed by atoms with Crippen molar-refractivity contribution in [2.75, 3.05) is 36.5 Å². The monoisotopic (exact) mass is 353 g/mol. The summed E-state index contributed by atoms with van der Waals surface area (Å²) in [6, 6.07) is 14.9. The number of hydrogen-bond acceptors (Lipinski definition) is 4. The minimum Gasteiger partial charge on any atom is -0.378 e. The van der Waals surface area contributed by atoms with Crippen LogP contribution in [0.4, 0.5) is 11.4 Å². The highest BCUT2D eigenvalue weighted by Crippen LogP contribution is 2.21. The molecule has 2 aromatic rings. The van der Waals surface area contributed by atoms with Gasteiger partial charge in [0.1, 0.15) is 0 Å². The molecule has 2 amide bonds. The number of ether oxygens (including phenoxy) is 1. The molecule has 136 valence electrons. The number of para-hydroxylation sites is 1. The minimum absolute atomic E-state index is 0.137. The van der Waals surface area contributed by atoms with Gasteiger partial charge in [-0.3, -0.25) is 9.59 Å². The van der Waals surface area contributed by atoms with Crippen LogP contribution in [0.1, 0.15) is 22.8 Å². The molecule has 0 saturated carbocycles. The Labute approximate surface area is 153 Å². The molecular weight excluding hydrogens is 330 g/mol. The normalized spacial score (nSPS) is 14.0. The van der Waals surface area contributed by atoms with Gasteiger partial charge in [-0.05, 0) is 35.9 Å². The summed E-state index contributed by atoms with van der Waals surface area (Å²) in [4.78, 5) is 25.7. The molecule has 1 aliphatic rings. The Bertz CT molecular complexity index is 768. The van der Waals surface area contributed by atoms with E-state index in [2.05, 4.69) is 21.6 Å². The predicted octanol–water partition coefficient (Wildman–Crippen LogP) is 2.41. The van der Waals surface area contributed by atoms with E-state index in [4.69, 9.17) is 4.74 Å². The van der Waals surface area contributed by atoms with E-state index in [1.165, 1.54) is 6.92 Å². The van der Waals surface area contributed by atoms with Gasteiger partial charge in [-0.2, -0.15) is 0 Å². The Balaban J connectivity index is 1.63. The molecule has 6 heteroatoms. The zero-order valence-electron chi connectivity index (χ0n) is 14.8. The van der Waals surface area contributed by atoms with Crippen LogP contribution in [-0.4, -0.2) is 38.1 Å². The van der Waals surface area contributed by atoms with Crippen LogP contribution in [0.2, 0.25) is 0 Å². The van der Waals surface area contributed by atoms with Crippen molar-refractivity contribution in [1.29, 1.82) is 0 Å². The van der Waals surface area contributed by atoms with Crippen LogP contribution in [0.25, 0.3) is 0 Å². The Morgan fingerprint density at radius 2 is 1.73 bits per heavy atom. The van der Waals surface area contributed by atoms with Crippen LogP contribution < -0.4 is 15.5 Å². The molecule has 0 aliphatic carbocycles. The first-order valence-corrected chi connectivity index (χ1v) is 8.70. The van der Waals surface area contributed by atoms with E-state index in [-0.39, 0.29) is 11.8 Å². The van der Waals surface area contributed by atoms with Crippen molar-refractivity contribution in [3.05, 3.63) is 59.7 Å². The van der Waals surface area contributed by atoms with Gasteiger partial charge in [0.05, 0.1) is 13.2 Å². The fraction of sp³-hybridized carbons (Fsp3) is 0.300. The highest BCUT2D eigenvalue weighted by Gasteiger charge is 2.15. The van der Waals surface area contributed by atoms with Gasteiger partial charge in [0.2, 0.25) is 5.91 Å². The van der Waals surface area contributed by atoms with Gasteiger partial charge in [-0.1, -0.05) is 18.2 Å². The molecule has 1 heterocycles. The molecule has 1 fully saturated rings. The van der Waals surface area contributed by atoms with Gasteiger partial charge < -0.3 is 20.3 Å². The number of amides is 2. The summed E-state index contributed by atoms with van der Waals surface area (Å²) in [6.07, 6.45) is 0. The van der Waals surface area contributed by atoms with E-state index in [1.54, 1.807) is 24.3 Å². The van der Waals surface area contributed by atoms with Crippen LogP contribution in [-0.2, 0) is 16.1 Å². The second-order valence-corrected chi connectivity index (χ2v) is 6.17. The van der Waals surface area contributed by atoms with Crippen molar-refractivity contribution >= 4 is 23.2 Å². The summed E-state index contributed by atoms with van der Waals surface area (Å²) in [7, 11) is 0. The van der Waals surface area contributed by atoms with E-state index in [0.717, 1.165) is 37.6 Å². The summed E-state index contributed by atoms with van der Waals surface area (Å²) >= 11 is 0. The van der Waals surface area contributed by atoms with E-state index >= 15 is 0 Å². The fourth-order valence-electron chi connectivity index (χ4n) is 2.96. The van der Waals surface area contributed by atoms with Crippen LogP contribution in [0.5, 0.6) is 0 Å². The average Bonchev–Trinajstić information content (AvgIpc) is 2.67. The van der Waals surface area contributed by atoms with Crippen LogP contribution in [0, 0.1) is 0 Å². The zero-order valence-corrected chi connectivity index (χ0v) is 14.8. The molecule has 0 atom stereocenters. The molecular formula is C20H23N3O3. The Morgan fingerprint density at radius 3 is 2.42 bits per heavy atom. The molecule has 0 aromatic heterocycles. The lowest BCUT2D eigenvalue weighted by Crippen LogP contribution is -2.37. The van der Waals surface area contributed by atoms with Gasteiger partial charge in [0, 0.05) is 43.5 Å².